The molecule has 0 N–H and O–H groups in total. The van der Waals surface area contributed by atoms with Crippen LogP contribution in [0.1, 0.15) is 40.0 Å². The van der Waals surface area contributed by atoms with Crippen LogP contribution in [0.15, 0.2) is 12.7 Å². The Morgan fingerprint density at radius 3 is 1.78 bits per heavy atom. The fourth-order valence-corrected chi connectivity index (χ4v) is 3.47. The summed E-state index contributed by atoms with van der Waals surface area (Å²) in [6.45, 7) is 9.30. The highest BCUT2D eigenvalue weighted by Gasteiger charge is 2.64. The number of likely N-dealkylation sites (tertiary alicyclic amines) is 2. The number of hydrogen-bond donors (Lipinski definition) is 0. The summed E-state index contributed by atoms with van der Waals surface area (Å²) in [6, 6.07) is 0. The van der Waals surface area contributed by atoms with E-state index in [0.29, 0.717) is 12.8 Å². The lowest BCUT2D eigenvalue weighted by molar-refractivity contribution is -0.184. The van der Waals surface area contributed by atoms with Crippen molar-refractivity contribution in [2.75, 3.05) is 13.1 Å². The minimum Gasteiger partial charge on any atom is -0.281 e. The van der Waals surface area contributed by atoms with Crippen molar-refractivity contribution in [3.05, 3.63) is 12.7 Å². The molecule has 126 valence electrons. The monoisotopic (exact) mass is 320 g/mol. The summed E-state index contributed by atoms with van der Waals surface area (Å²) < 4.78 is 0. The van der Waals surface area contributed by atoms with E-state index in [-0.39, 0.29) is 13.1 Å². The van der Waals surface area contributed by atoms with Gasteiger partial charge in [0, 0.05) is 18.5 Å². The Labute approximate surface area is 136 Å². The molecule has 6 nitrogen and oxygen atoms in total. The summed E-state index contributed by atoms with van der Waals surface area (Å²) in [4.78, 5) is 53.1. The average Bonchev–Trinajstić information content (AvgIpc) is 2.45. The number of carbonyl (C=O) groups is 4. The second-order valence-corrected chi connectivity index (χ2v) is 6.77. The number of amides is 4. The van der Waals surface area contributed by atoms with Crippen molar-refractivity contribution in [2.24, 2.45) is 17.3 Å². The van der Waals surface area contributed by atoms with E-state index in [0.717, 1.165) is 16.2 Å². The molecule has 2 aliphatic rings. The van der Waals surface area contributed by atoms with Gasteiger partial charge in [-0.15, -0.1) is 6.58 Å². The zero-order chi connectivity index (χ0) is 17.4. The Kier molecular flexibility index (Phi) is 4.73. The molecule has 2 bridgehead atoms. The zero-order valence-corrected chi connectivity index (χ0v) is 14.0. The molecule has 0 aromatic rings. The van der Waals surface area contributed by atoms with Crippen LogP contribution in [0.3, 0.4) is 0 Å². The Morgan fingerprint density at radius 2 is 1.39 bits per heavy atom. The molecular formula is C17H24N2O4. The predicted octanol–water partition coefficient (Wildman–Crippen LogP) is 1.36. The van der Waals surface area contributed by atoms with Crippen LogP contribution in [0.25, 0.3) is 0 Å². The molecule has 0 radical (unpaired) electrons. The van der Waals surface area contributed by atoms with Gasteiger partial charge in [0.1, 0.15) is 11.8 Å². The van der Waals surface area contributed by atoms with Gasteiger partial charge in [0.15, 0.2) is 0 Å². The van der Waals surface area contributed by atoms with E-state index in [2.05, 4.69) is 6.58 Å². The van der Waals surface area contributed by atoms with E-state index in [1.807, 2.05) is 6.92 Å². The van der Waals surface area contributed by atoms with Crippen molar-refractivity contribution in [2.45, 2.75) is 40.0 Å². The summed E-state index contributed by atoms with van der Waals surface area (Å²) in [5.41, 5.74) is -0.976. The molecule has 0 aromatic heterocycles. The third-order valence-electron chi connectivity index (χ3n) is 4.83. The lowest BCUT2D eigenvalue weighted by atomic mass is 9.62. The summed E-state index contributed by atoms with van der Waals surface area (Å²) in [5.74, 6) is -3.85. The Hall–Kier alpha value is -1.98. The van der Waals surface area contributed by atoms with Crippen LogP contribution in [0, 0.1) is 17.3 Å². The van der Waals surface area contributed by atoms with Gasteiger partial charge in [0.2, 0.25) is 23.6 Å². The third kappa shape index (κ3) is 2.60. The van der Waals surface area contributed by atoms with E-state index in [1.165, 1.54) is 0 Å². The normalized spacial score (nSPS) is 26.7. The molecule has 2 saturated heterocycles. The fourth-order valence-electron chi connectivity index (χ4n) is 3.47. The molecule has 6 heteroatoms. The van der Waals surface area contributed by atoms with Crippen LogP contribution in [-0.2, 0) is 19.2 Å². The number of fused-ring (bicyclic) bond motifs is 2. The number of imide groups is 2. The minimum atomic E-state index is -0.976. The molecule has 0 spiro atoms. The number of carbonyl (C=O) groups excluding carboxylic acids is 4. The standard InChI is InChI=1S/C17H24N2O4/c1-5-7-9-18-13(20)11-15(22)19(10-8-6-2)16(23)12(14(18)21)17(11,3)4/h5,11-12H,1,6-10H2,2-4H3/t11-,12+. The molecule has 2 atom stereocenters. The van der Waals surface area contributed by atoms with Crippen molar-refractivity contribution in [1.82, 2.24) is 9.80 Å². The van der Waals surface area contributed by atoms with Gasteiger partial charge in [-0.25, -0.2) is 0 Å². The Bertz CT molecular complexity index is 529. The maximum atomic E-state index is 12.7. The maximum Gasteiger partial charge on any atom is 0.242 e. The highest BCUT2D eigenvalue weighted by atomic mass is 16.2. The zero-order valence-electron chi connectivity index (χ0n) is 14.0. The lowest BCUT2D eigenvalue weighted by Gasteiger charge is -2.51. The Balaban J connectivity index is 2.42. The number of piperidine rings is 2. The fraction of sp³-hybridized carbons (Fsp3) is 0.647. The molecule has 2 aliphatic heterocycles. The molecule has 0 unspecified atom stereocenters. The van der Waals surface area contributed by atoms with Gasteiger partial charge >= 0.3 is 0 Å². The number of hydrogen-bond acceptors (Lipinski definition) is 4. The molecule has 0 saturated carbocycles. The second-order valence-electron chi connectivity index (χ2n) is 6.77. The molecule has 23 heavy (non-hydrogen) atoms. The summed E-state index contributed by atoms with van der Waals surface area (Å²) in [6.07, 6.45) is 3.54. The SMILES string of the molecule is C=CCCN1C(=O)[C@@H]2C(=O)N(CCCC)C(=O)[C@H](C1=O)C2(C)C. The summed E-state index contributed by atoms with van der Waals surface area (Å²) in [5, 5.41) is 0. The molecular weight excluding hydrogens is 296 g/mol. The molecule has 4 amide bonds. The van der Waals surface area contributed by atoms with E-state index in [4.69, 9.17) is 0 Å². The van der Waals surface area contributed by atoms with Crippen LogP contribution in [0.2, 0.25) is 0 Å². The number of nitrogens with zero attached hydrogens (tertiary/aromatic N) is 2. The number of rotatable bonds is 6. The lowest BCUT2D eigenvalue weighted by Crippen LogP contribution is -2.70. The molecule has 0 aromatic carbocycles. The van der Waals surface area contributed by atoms with Crippen molar-refractivity contribution < 1.29 is 19.2 Å². The highest BCUT2D eigenvalue weighted by Crippen LogP contribution is 2.47. The summed E-state index contributed by atoms with van der Waals surface area (Å²) in [7, 11) is 0. The van der Waals surface area contributed by atoms with Crippen molar-refractivity contribution in [3.8, 4) is 0 Å². The quantitative estimate of drug-likeness (QED) is 0.421. The molecule has 2 rings (SSSR count). The maximum absolute atomic E-state index is 12.7. The first kappa shape index (κ1) is 17.4. The molecule has 2 fully saturated rings. The largest absolute Gasteiger partial charge is 0.281 e. The van der Waals surface area contributed by atoms with E-state index in [1.54, 1.807) is 19.9 Å². The first-order valence-corrected chi connectivity index (χ1v) is 8.10. The number of unbranched alkanes of at least 4 members (excludes halogenated alkanes) is 1. The van der Waals surface area contributed by atoms with Crippen LogP contribution in [0.5, 0.6) is 0 Å². The first-order valence-electron chi connectivity index (χ1n) is 8.10. The van der Waals surface area contributed by atoms with Gasteiger partial charge in [-0.3, -0.25) is 29.0 Å². The van der Waals surface area contributed by atoms with Gasteiger partial charge in [-0.05, 0) is 12.8 Å². The van der Waals surface area contributed by atoms with Gasteiger partial charge in [-0.1, -0.05) is 33.3 Å². The third-order valence-corrected chi connectivity index (χ3v) is 4.83. The van der Waals surface area contributed by atoms with Crippen LogP contribution >= 0.6 is 0 Å². The molecule has 0 aliphatic carbocycles. The topological polar surface area (TPSA) is 74.8 Å². The van der Waals surface area contributed by atoms with Gasteiger partial charge in [0.05, 0.1) is 0 Å². The second kappa shape index (κ2) is 6.26. The highest BCUT2D eigenvalue weighted by molar-refractivity contribution is 6.22. The van der Waals surface area contributed by atoms with Gasteiger partial charge in [0.25, 0.3) is 0 Å². The van der Waals surface area contributed by atoms with Crippen molar-refractivity contribution >= 4 is 23.6 Å². The first-order chi connectivity index (χ1) is 10.8. The van der Waals surface area contributed by atoms with E-state index < -0.39 is 40.9 Å². The smallest absolute Gasteiger partial charge is 0.242 e. The van der Waals surface area contributed by atoms with Crippen molar-refractivity contribution in [3.63, 3.8) is 0 Å². The van der Waals surface area contributed by atoms with E-state index in [9.17, 15) is 19.2 Å². The Morgan fingerprint density at radius 1 is 0.957 bits per heavy atom. The average molecular weight is 320 g/mol. The van der Waals surface area contributed by atoms with Crippen LogP contribution in [-0.4, -0.2) is 46.5 Å². The predicted molar refractivity (Wildman–Crippen MR) is 83.9 cm³/mol. The van der Waals surface area contributed by atoms with Gasteiger partial charge < -0.3 is 0 Å². The van der Waals surface area contributed by atoms with Gasteiger partial charge in [-0.2, -0.15) is 0 Å². The summed E-state index contributed by atoms with van der Waals surface area (Å²) >= 11 is 0. The molecule has 2 heterocycles. The van der Waals surface area contributed by atoms with Crippen LogP contribution in [0.4, 0.5) is 0 Å². The van der Waals surface area contributed by atoms with Crippen LogP contribution < -0.4 is 0 Å². The van der Waals surface area contributed by atoms with Crippen molar-refractivity contribution in [1.29, 1.82) is 0 Å². The minimum absolute atomic E-state index is 0.166. The van der Waals surface area contributed by atoms with E-state index >= 15 is 0 Å².